The van der Waals surface area contributed by atoms with E-state index in [0.29, 0.717) is 16.9 Å². The smallest absolute Gasteiger partial charge is 0.254 e. The number of alkyl halides is 1. The number of benzene rings is 1. The summed E-state index contributed by atoms with van der Waals surface area (Å²) in [5.41, 5.74) is 0.0385. The van der Waals surface area contributed by atoms with Crippen LogP contribution in [0.2, 0.25) is 0 Å². The second-order valence-corrected chi connectivity index (χ2v) is 5.90. The minimum atomic E-state index is -0.541. The van der Waals surface area contributed by atoms with Crippen molar-refractivity contribution < 1.29 is 9.18 Å². The Labute approximate surface area is 126 Å². The molecule has 1 aromatic rings. The van der Waals surface area contributed by atoms with E-state index in [1.807, 2.05) is 0 Å². The average Bonchev–Trinajstić information content (AvgIpc) is 2.37. The van der Waals surface area contributed by atoms with E-state index in [1.165, 1.54) is 12.1 Å². The molecule has 1 atom stereocenters. The number of carbonyl (C=O) groups excluding carboxylic acids is 1. The van der Waals surface area contributed by atoms with E-state index < -0.39 is 11.7 Å². The van der Waals surface area contributed by atoms with Crippen molar-refractivity contribution in [1.29, 1.82) is 0 Å². The Hall–Kier alpha value is -0.610. The maximum absolute atomic E-state index is 13.6. The summed E-state index contributed by atoms with van der Waals surface area (Å²) in [5.74, 6) is -0.612. The van der Waals surface area contributed by atoms with Gasteiger partial charge in [-0.15, -0.1) is 11.6 Å². The lowest BCUT2D eigenvalue weighted by Gasteiger charge is -2.19. The Morgan fingerprint density at radius 2 is 2.05 bits per heavy atom. The van der Waals surface area contributed by atoms with E-state index >= 15 is 0 Å². The van der Waals surface area contributed by atoms with Gasteiger partial charge in [-0.2, -0.15) is 0 Å². The number of amides is 1. The molecule has 19 heavy (non-hydrogen) atoms. The molecule has 106 valence electrons. The molecule has 0 aliphatic carbocycles. The second kappa shape index (κ2) is 7.85. The summed E-state index contributed by atoms with van der Waals surface area (Å²) >= 11 is 9.38. The molecular weight excluding hydrogens is 333 g/mol. The molecule has 0 aliphatic rings. The number of hydrogen-bond acceptors (Lipinski definition) is 1. The van der Waals surface area contributed by atoms with E-state index in [-0.39, 0.29) is 10.9 Å². The highest BCUT2D eigenvalue weighted by molar-refractivity contribution is 9.10. The van der Waals surface area contributed by atoms with E-state index in [2.05, 4.69) is 35.1 Å². The van der Waals surface area contributed by atoms with Crippen molar-refractivity contribution in [2.24, 2.45) is 5.92 Å². The fourth-order valence-corrected chi connectivity index (χ4v) is 2.69. The third kappa shape index (κ3) is 4.77. The van der Waals surface area contributed by atoms with E-state index in [4.69, 9.17) is 11.6 Å². The van der Waals surface area contributed by atoms with Crippen LogP contribution in [-0.4, -0.2) is 17.8 Å². The molecule has 1 unspecified atom stereocenters. The summed E-state index contributed by atoms with van der Waals surface area (Å²) in [6, 6.07) is 4.36. The van der Waals surface area contributed by atoms with E-state index in [0.717, 1.165) is 12.8 Å². The van der Waals surface area contributed by atoms with Crippen LogP contribution >= 0.6 is 27.5 Å². The number of carbonyl (C=O) groups is 1. The SMILES string of the molecule is CCC(CC)C(Cl)CNC(=O)c1ccc(Br)cc1F. The molecule has 1 amide bonds. The maximum atomic E-state index is 13.6. The van der Waals surface area contributed by atoms with Crippen LogP contribution in [0.25, 0.3) is 0 Å². The molecule has 0 aliphatic heterocycles. The first kappa shape index (κ1) is 16.4. The largest absolute Gasteiger partial charge is 0.350 e. The van der Waals surface area contributed by atoms with E-state index in [9.17, 15) is 9.18 Å². The van der Waals surface area contributed by atoms with Crippen molar-refractivity contribution >= 4 is 33.4 Å². The van der Waals surface area contributed by atoms with Crippen molar-refractivity contribution in [2.45, 2.75) is 32.1 Å². The van der Waals surface area contributed by atoms with Gasteiger partial charge in [-0.25, -0.2) is 4.39 Å². The molecule has 0 fully saturated rings. The zero-order chi connectivity index (χ0) is 14.4. The van der Waals surface area contributed by atoms with E-state index in [1.54, 1.807) is 6.07 Å². The summed E-state index contributed by atoms with van der Waals surface area (Å²) in [7, 11) is 0. The first-order valence-corrected chi connectivity index (χ1v) is 7.59. The second-order valence-electron chi connectivity index (χ2n) is 4.43. The molecule has 0 saturated heterocycles. The third-order valence-corrected chi connectivity index (χ3v) is 4.20. The molecule has 2 nitrogen and oxygen atoms in total. The Morgan fingerprint density at radius 3 is 2.58 bits per heavy atom. The van der Waals surface area contributed by atoms with Crippen LogP contribution in [0, 0.1) is 11.7 Å². The quantitative estimate of drug-likeness (QED) is 0.759. The summed E-state index contributed by atoms with van der Waals surface area (Å²) in [6.07, 6.45) is 1.93. The predicted octanol–water partition coefficient (Wildman–Crippen LogP) is 4.36. The molecule has 5 heteroatoms. The van der Waals surface area contributed by atoms with Gasteiger partial charge in [-0.3, -0.25) is 4.79 Å². The molecule has 1 N–H and O–H groups in total. The normalized spacial score (nSPS) is 12.5. The molecule has 0 bridgehead atoms. The van der Waals surface area contributed by atoms with Gasteiger partial charge in [-0.1, -0.05) is 42.6 Å². The van der Waals surface area contributed by atoms with Crippen LogP contribution in [0.15, 0.2) is 22.7 Å². The summed E-state index contributed by atoms with van der Waals surface area (Å²) in [5, 5.41) is 2.55. The average molecular weight is 351 g/mol. The summed E-state index contributed by atoms with van der Waals surface area (Å²) in [6.45, 7) is 4.49. The minimum absolute atomic E-state index is 0.0385. The third-order valence-electron chi connectivity index (χ3n) is 3.19. The summed E-state index contributed by atoms with van der Waals surface area (Å²) < 4.78 is 14.2. The highest BCUT2D eigenvalue weighted by Crippen LogP contribution is 2.18. The monoisotopic (exact) mass is 349 g/mol. The number of nitrogens with one attached hydrogen (secondary N) is 1. The van der Waals surface area contributed by atoms with Gasteiger partial charge in [0.05, 0.1) is 10.9 Å². The van der Waals surface area contributed by atoms with Crippen molar-refractivity contribution in [1.82, 2.24) is 5.32 Å². The van der Waals surface area contributed by atoms with Crippen LogP contribution in [0.5, 0.6) is 0 Å². The van der Waals surface area contributed by atoms with Gasteiger partial charge in [-0.05, 0) is 24.1 Å². The van der Waals surface area contributed by atoms with Crippen molar-refractivity contribution in [3.05, 3.63) is 34.1 Å². The Balaban J connectivity index is 2.60. The van der Waals surface area contributed by atoms with Crippen LogP contribution < -0.4 is 5.32 Å². The predicted molar refractivity (Wildman–Crippen MR) is 80.1 cm³/mol. The molecule has 0 radical (unpaired) electrons. The standard InChI is InChI=1S/C14H18BrClFNO/c1-3-9(4-2)12(16)8-18-14(19)11-6-5-10(15)7-13(11)17/h5-7,9,12H,3-4,8H2,1-2H3,(H,18,19). The number of hydrogen-bond donors (Lipinski definition) is 1. The Morgan fingerprint density at radius 1 is 1.42 bits per heavy atom. The lowest BCUT2D eigenvalue weighted by atomic mass is 9.99. The van der Waals surface area contributed by atoms with Crippen molar-refractivity contribution in [2.75, 3.05) is 6.54 Å². The lowest BCUT2D eigenvalue weighted by Crippen LogP contribution is -2.33. The number of rotatable bonds is 6. The lowest BCUT2D eigenvalue weighted by molar-refractivity contribution is 0.0947. The fourth-order valence-electron chi connectivity index (χ4n) is 1.93. The zero-order valence-electron chi connectivity index (χ0n) is 11.1. The molecule has 1 rings (SSSR count). The number of halogens is 3. The molecule has 0 saturated carbocycles. The Bertz CT molecular complexity index is 437. The van der Waals surface area contributed by atoms with Crippen molar-refractivity contribution in [3.8, 4) is 0 Å². The van der Waals surface area contributed by atoms with Crippen LogP contribution in [-0.2, 0) is 0 Å². The van der Waals surface area contributed by atoms with Crippen LogP contribution in [0.1, 0.15) is 37.0 Å². The maximum Gasteiger partial charge on any atom is 0.254 e. The van der Waals surface area contributed by atoms with Gasteiger partial charge < -0.3 is 5.32 Å². The van der Waals surface area contributed by atoms with Gasteiger partial charge in [0.15, 0.2) is 0 Å². The molecule has 1 aromatic carbocycles. The van der Waals surface area contributed by atoms with Gasteiger partial charge in [0.25, 0.3) is 5.91 Å². The fraction of sp³-hybridized carbons (Fsp3) is 0.500. The van der Waals surface area contributed by atoms with Crippen LogP contribution in [0.4, 0.5) is 4.39 Å². The van der Waals surface area contributed by atoms with Crippen LogP contribution in [0.3, 0.4) is 0 Å². The minimum Gasteiger partial charge on any atom is -0.350 e. The van der Waals surface area contributed by atoms with Gasteiger partial charge in [0.2, 0.25) is 0 Å². The van der Waals surface area contributed by atoms with Crippen molar-refractivity contribution in [3.63, 3.8) is 0 Å². The zero-order valence-corrected chi connectivity index (χ0v) is 13.4. The first-order chi connectivity index (χ1) is 8.99. The highest BCUT2D eigenvalue weighted by atomic mass is 79.9. The van der Waals surface area contributed by atoms with Gasteiger partial charge in [0, 0.05) is 11.0 Å². The highest BCUT2D eigenvalue weighted by Gasteiger charge is 2.18. The molecule has 0 spiro atoms. The summed E-state index contributed by atoms with van der Waals surface area (Å²) in [4.78, 5) is 11.9. The van der Waals surface area contributed by atoms with Gasteiger partial charge in [0.1, 0.15) is 5.82 Å². The Kier molecular flexibility index (Phi) is 6.80. The topological polar surface area (TPSA) is 29.1 Å². The first-order valence-electron chi connectivity index (χ1n) is 6.36. The van der Waals surface area contributed by atoms with Gasteiger partial charge >= 0.3 is 0 Å². The molecule has 0 aromatic heterocycles. The molecule has 0 heterocycles. The molecular formula is C14H18BrClFNO.